The molecule has 2 heterocycles. The van der Waals surface area contributed by atoms with Crippen LogP contribution in [0.4, 0.5) is 0 Å². The van der Waals surface area contributed by atoms with Crippen LogP contribution < -0.4 is 0 Å². The summed E-state index contributed by atoms with van der Waals surface area (Å²) in [5.41, 5.74) is 2.83. The number of aromatic nitrogens is 4. The Hall–Kier alpha value is -1.63. The van der Waals surface area contributed by atoms with E-state index in [2.05, 4.69) is 17.0 Å². The maximum absolute atomic E-state index is 11.9. The molecule has 2 aromatic rings. The van der Waals surface area contributed by atoms with Crippen molar-refractivity contribution in [3.63, 3.8) is 0 Å². The minimum atomic E-state index is 0.00948. The topological polar surface area (TPSA) is 58.9 Å². The van der Waals surface area contributed by atoms with Gasteiger partial charge in [0.25, 0.3) is 0 Å². The molecule has 2 aromatic heterocycles. The number of likely N-dealkylation sites (N-methyl/N-ethyl adjacent to an activating group) is 1. The number of nitrogens with one attached hydrogen (secondary N) is 1. The summed E-state index contributed by atoms with van der Waals surface area (Å²) in [5.74, 6) is 0.00948. The fourth-order valence-corrected chi connectivity index (χ4v) is 2.37. The smallest absolute Gasteiger partial charge is 0.242 e. The zero-order valence-corrected chi connectivity index (χ0v) is 12.5. The fraction of sp³-hybridized carbons (Fsp3) is 0.583. The predicted octanol–water partition coefficient (Wildman–Crippen LogP) is 1.47. The molecule has 0 saturated carbocycles. The maximum Gasteiger partial charge on any atom is 0.242 e. The van der Waals surface area contributed by atoms with Gasteiger partial charge < -0.3 is 9.88 Å². The second kappa shape index (κ2) is 5.16. The lowest BCUT2D eigenvalue weighted by Crippen LogP contribution is -2.26. The third-order valence-corrected chi connectivity index (χ3v) is 3.42. The third-order valence-electron chi connectivity index (χ3n) is 3.10. The minimum absolute atomic E-state index is 0.00948. The lowest BCUT2D eigenvalue weighted by atomic mass is 10.2. The molecule has 0 aromatic carbocycles. The van der Waals surface area contributed by atoms with E-state index in [1.54, 1.807) is 28.2 Å². The van der Waals surface area contributed by atoms with Crippen LogP contribution in [0.25, 0.3) is 11.2 Å². The molecule has 0 radical (unpaired) electrons. The van der Waals surface area contributed by atoms with Gasteiger partial charge in [-0.1, -0.05) is 13.3 Å². The predicted molar refractivity (Wildman–Crippen MR) is 76.6 cm³/mol. The normalized spacial score (nSPS) is 11.2. The van der Waals surface area contributed by atoms with Crippen LogP contribution in [0.5, 0.6) is 0 Å². The number of hydrogen-bond donors (Lipinski definition) is 1. The van der Waals surface area contributed by atoms with Gasteiger partial charge in [0, 0.05) is 21.1 Å². The Morgan fingerprint density at radius 1 is 1.47 bits per heavy atom. The number of H-pyrrole nitrogens is 1. The van der Waals surface area contributed by atoms with E-state index in [1.165, 1.54) is 0 Å². The molecular weight excluding hydrogens is 262 g/mol. The largest absolute Gasteiger partial charge is 0.347 e. The van der Waals surface area contributed by atoms with Gasteiger partial charge in [0.2, 0.25) is 5.91 Å². The first kappa shape index (κ1) is 13.8. The van der Waals surface area contributed by atoms with Gasteiger partial charge in [-0.15, -0.1) is 0 Å². The summed E-state index contributed by atoms with van der Waals surface area (Å²) < 4.78 is 4.16. The molecule has 19 heavy (non-hydrogen) atoms. The Morgan fingerprint density at radius 3 is 2.74 bits per heavy atom. The first-order valence-corrected chi connectivity index (χ1v) is 6.71. The summed E-state index contributed by atoms with van der Waals surface area (Å²) >= 11 is 5.31. The molecule has 1 amide bonds. The molecule has 104 valence electrons. The van der Waals surface area contributed by atoms with Crippen LogP contribution in [0.3, 0.4) is 0 Å². The summed E-state index contributed by atoms with van der Waals surface area (Å²) in [6.07, 6.45) is 1.92. The second-order valence-electron chi connectivity index (χ2n) is 4.82. The molecule has 0 spiro atoms. The highest BCUT2D eigenvalue weighted by Gasteiger charge is 2.17. The SMILES string of the molecule is CCCc1nn(C)c2c1[nH]c(=S)n2CC(=O)N(C)C. The number of aryl methyl sites for hydroxylation is 2. The Bertz CT molecular complexity index is 663. The van der Waals surface area contributed by atoms with Crippen LogP contribution in [-0.2, 0) is 24.8 Å². The molecule has 0 aliphatic heterocycles. The van der Waals surface area contributed by atoms with Gasteiger partial charge in [0.15, 0.2) is 10.4 Å². The van der Waals surface area contributed by atoms with Gasteiger partial charge >= 0.3 is 0 Å². The lowest BCUT2D eigenvalue weighted by Gasteiger charge is -2.11. The Morgan fingerprint density at radius 2 is 2.16 bits per heavy atom. The molecule has 6 nitrogen and oxygen atoms in total. The second-order valence-corrected chi connectivity index (χ2v) is 5.21. The van der Waals surface area contributed by atoms with Crippen molar-refractivity contribution < 1.29 is 4.79 Å². The first-order valence-electron chi connectivity index (χ1n) is 6.30. The number of hydrogen-bond acceptors (Lipinski definition) is 3. The summed E-state index contributed by atoms with van der Waals surface area (Å²) in [5, 5.41) is 4.49. The molecule has 0 atom stereocenters. The van der Waals surface area contributed by atoms with Crippen LogP contribution in [0, 0.1) is 4.77 Å². The van der Waals surface area contributed by atoms with Gasteiger partial charge in [-0.05, 0) is 18.6 Å². The van der Waals surface area contributed by atoms with Crippen molar-refractivity contribution in [2.24, 2.45) is 7.05 Å². The zero-order valence-electron chi connectivity index (χ0n) is 11.7. The Balaban J connectivity index is 2.53. The zero-order chi connectivity index (χ0) is 14.2. The number of nitrogens with zero attached hydrogens (tertiary/aromatic N) is 4. The standard InChI is InChI=1S/C12H19N5OS/c1-5-6-8-10-11(16(4)14-8)17(12(19)13-10)7-9(18)15(2)3/h5-7H2,1-4H3,(H,13,19). The van der Waals surface area contributed by atoms with Crippen LogP contribution >= 0.6 is 12.2 Å². The van der Waals surface area contributed by atoms with Crippen molar-refractivity contribution >= 4 is 29.3 Å². The van der Waals surface area contributed by atoms with Crippen molar-refractivity contribution in [1.29, 1.82) is 0 Å². The minimum Gasteiger partial charge on any atom is -0.347 e. The molecule has 2 rings (SSSR count). The average Bonchev–Trinajstić information content (AvgIpc) is 2.80. The van der Waals surface area contributed by atoms with Crippen LogP contribution in [0.2, 0.25) is 0 Å². The number of carbonyl (C=O) groups excluding carboxylic acids is 1. The van der Waals surface area contributed by atoms with E-state index in [-0.39, 0.29) is 12.5 Å². The van der Waals surface area contributed by atoms with Crippen LogP contribution in [0.1, 0.15) is 19.0 Å². The molecule has 0 saturated heterocycles. The van der Waals surface area contributed by atoms with Gasteiger partial charge in [0.05, 0.1) is 5.69 Å². The van der Waals surface area contributed by atoms with Gasteiger partial charge in [-0.3, -0.25) is 14.0 Å². The molecule has 0 aliphatic rings. The molecule has 7 heteroatoms. The molecule has 0 unspecified atom stereocenters. The summed E-state index contributed by atoms with van der Waals surface area (Å²) in [6, 6.07) is 0. The van der Waals surface area contributed by atoms with Crippen LogP contribution in [-0.4, -0.2) is 44.2 Å². The fourth-order valence-electron chi connectivity index (χ4n) is 2.11. The lowest BCUT2D eigenvalue weighted by molar-refractivity contribution is -0.129. The third kappa shape index (κ3) is 2.42. The number of carbonyl (C=O) groups is 1. The highest BCUT2D eigenvalue weighted by Crippen LogP contribution is 2.19. The van der Waals surface area contributed by atoms with E-state index in [9.17, 15) is 4.79 Å². The molecule has 0 bridgehead atoms. The Labute approximate surface area is 117 Å². The van der Waals surface area contributed by atoms with Gasteiger partial charge in [-0.25, -0.2) is 0 Å². The number of fused-ring (bicyclic) bond motifs is 1. The van der Waals surface area contributed by atoms with Crippen LogP contribution in [0.15, 0.2) is 0 Å². The first-order chi connectivity index (χ1) is 8.95. The molecular formula is C12H19N5OS. The van der Waals surface area contributed by atoms with E-state index >= 15 is 0 Å². The molecule has 0 fully saturated rings. The van der Waals surface area contributed by atoms with Gasteiger partial charge in [0.1, 0.15) is 12.1 Å². The van der Waals surface area contributed by atoms with Crippen molar-refractivity contribution in [1.82, 2.24) is 24.2 Å². The summed E-state index contributed by atoms with van der Waals surface area (Å²) in [4.78, 5) is 16.6. The average molecular weight is 281 g/mol. The van der Waals surface area contributed by atoms with Crippen molar-refractivity contribution in [3.05, 3.63) is 10.5 Å². The van der Waals surface area contributed by atoms with E-state index < -0.39 is 0 Å². The quantitative estimate of drug-likeness (QED) is 0.863. The van der Waals surface area contributed by atoms with Crippen molar-refractivity contribution in [2.75, 3.05) is 14.1 Å². The maximum atomic E-state index is 11.9. The van der Waals surface area contributed by atoms with Crippen molar-refractivity contribution in [3.8, 4) is 0 Å². The van der Waals surface area contributed by atoms with E-state index in [4.69, 9.17) is 12.2 Å². The van der Waals surface area contributed by atoms with Gasteiger partial charge in [-0.2, -0.15) is 5.10 Å². The summed E-state index contributed by atoms with van der Waals surface area (Å²) in [6.45, 7) is 2.35. The highest BCUT2D eigenvalue weighted by atomic mass is 32.1. The number of aromatic amines is 1. The van der Waals surface area contributed by atoms with Crippen molar-refractivity contribution in [2.45, 2.75) is 26.3 Å². The number of imidazole rings is 1. The molecule has 1 N–H and O–H groups in total. The van der Waals surface area contributed by atoms with E-state index in [0.717, 1.165) is 29.7 Å². The number of amides is 1. The van der Waals surface area contributed by atoms with E-state index in [1.807, 2.05) is 7.05 Å². The number of rotatable bonds is 4. The summed E-state index contributed by atoms with van der Waals surface area (Å²) in [7, 11) is 5.35. The highest BCUT2D eigenvalue weighted by molar-refractivity contribution is 7.71. The monoisotopic (exact) mass is 281 g/mol. The Kier molecular flexibility index (Phi) is 3.75. The van der Waals surface area contributed by atoms with E-state index in [0.29, 0.717) is 4.77 Å². The molecule has 0 aliphatic carbocycles.